The van der Waals surface area contributed by atoms with E-state index in [9.17, 15) is 14.4 Å². The molecule has 5 aromatic rings. The molecule has 3 aromatic carbocycles. The molecule has 0 saturated carbocycles. The van der Waals surface area contributed by atoms with E-state index >= 15 is 4.39 Å². The molecule has 6 heterocycles. The molecule has 0 unspecified atom stereocenters. The van der Waals surface area contributed by atoms with Crippen molar-refractivity contribution >= 4 is 50.3 Å². The number of ether oxygens (including phenoxy) is 3. The highest BCUT2D eigenvalue weighted by atomic mass is 19.1. The smallest absolute Gasteiger partial charge is 0.259 e. The maximum atomic E-state index is 16.4. The summed E-state index contributed by atoms with van der Waals surface area (Å²) in [7, 11) is 0. The summed E-state index contributed by atoms with van der Waals surface area (Å²) < 4.78 is 41.8. The lowest BCUT2D eigenvalue weighted by Gasteiger charge is -2.30. The summed E-state index contributed by atoms with van der Waals surface area (Å²) in [6.07, 6.45) is 2.55. The molecule has 1 N–H and O–H groups in total. The molecule has 13 heteroatoms. The van der Waals surface area contributed by atoms with Crippen molar-refractivity contribution in [2.75, 3.05) is 77.1 Å². The van der Waals surface area contributed by atoms with Gasteiger partial charge in [-0.3, -0.25) is 19.3 Å². The lowest BCUT2D eigenvalue weighted by atomic mass is 10.0. The zero-order valence-corrected chi connectivity index (χ0v) is 27.4. The highest BCUT2D eigenvalue weighted by Gasteiger charge is 2.35. The fourth-order valence-corrected chi connectivity index (χ4v) is 7.67. The number of fused-ring (bicyclic) bond motifs is 5. The molecule has 0 radical (unpaired) electrons. The Hall–Kier alpha value is -4.98. The first-order valence-electron chi connectivity index (χ1n) is 17.2. The van der Waals surface area contributed by atoms with Crippen LogP contribution in [-0.2, 0) is 14.3 Å². The van der Waals surface area contributed by atoms with Crippen molar-refractivity contribution < 1.29 is 32.6 Å². The van der Waals surface area contributed by atoms with Crippen LogP contribution in [0.3, 0.4) is 0 Å². The van der Waals surface area contributed by atoms with Gasteiger partial charge in [0.1, 0.15) is 27.9 Å². The van der Waals surface area contributed by atoms with Gasteiger partial charge in [-0.1, -0.05) is 18.2 Å². The summed E-state index contributed by atoms with van der Waals surface area (Å²) in [5, 5.41) is 4.90. The van der Waals surface area contributed by atoms with Crippen molar-refractivity contribution in [2.24, 2.45) is 0 Å². The Kier molecular flexibility index (Phi) is 7.70. The van der Waals surface area contributed by atoms with E-state index in [1.54, 1.807) is 15.7 Å². The molecule has 2 aromatic heterocycles. The van der Waals surface area contributed by atoms with Crippen LogP contribution in [0.25, 0.3) is 38.5 Å². The van der Waals surface area contributed by atoms with Crippen molar-refractivity contribution in [1.29, 1.82) is 0 Å². The van der Waals surface area contributed by atoms with Crippen LogP contribution in [0.4, 0.5) is 10.1 Å². The number of rotatable bonds is 6. The fraction of sp³-hybridized carbons (Fsp3) is 0.378. The number of aromatic nitrogens is 1. The summed E-state index contributed by atoms with van der Waals surface area (Å²) in [6, 6.07) is 12.4. The maximum absolute atomic E-state index is 16.4. The number of halogens is 1. The second kappa shape index (κ2) is 12.4. The third kappa shape index (κ3) is 5.27. The Morgan fingerprint density at radius 1 is 0.900 bits per heavy atom. The van der Waals surface area contributed by atoms with Gasteiger partial charge in [0.2, 0.25) is 11.3 Å². The molecule has 4 aliphatic rings. The molecular formula is C37H36FN5O7. The quantitative estimate of drug-likeness (QED) is 0.278. The van der Waals surface area contributed by atoms with Crippen molar-refractivity contribution in [3.8, 4) is 17.2 Å². The Morgan fingerprint density at radius 3 is 2.50 bits per heavy atom. The molecule has 12 nitrogen and oxygen atoms in total. The second-order valence-corrected chi connectivity index (χ2v) is 13.3. The first-order valence-corrected chi connectivity index (χ1v) is 17.2. The van der Waals surface area contributed by atoms with Crippen LogP contribution >= 0.6 is 0 Å². The van der Waals surface area contributed by atoms with Crippen molar-refractivity contribution in [3.05, 3.63) is 70.3 Å². The van der Waals surface area contributed by atoms with Gasteiger partial charge in [-0.05, 0) is 24.6 Å². The number of amides is 2. The van der Waals surface area contributed by atoms with E-state index in [2.05, 4.69) is 10.2 Å². The van der Waals surface area contributed by atoms with Gasteiger partial charge in [0.15, 0.2) is 17.3 Å². The van der Waals surface area contributed by atoms with E-state index in [-0.39, 0.29) is 34.3 Å². The number of nitrogens with one attached hydrogen (secondary N) is 1. The Balaban J connectivity index is 1.11. The number of hydrogen-bond donors (Lipinski definition) is 1. The van der Waals surface area contributed by atoms with Crippen LogP contribution in [-0.4, -0.2) is 104 Å². The van der Waals surface area contributed by atoms with Gasteiger partial charge in [0, 0.05) is 81.3 Å². The summed E-state index contributed by atoms with van der Waals surface area (Å²) in [4.78, 5) is 46.4. The Labute approximate surface area is 285 Å². The number of anilines is 1. The summed E-state index contributed by atoms with van der Waals surface area (Å²) in [6.45, 7) is 5.95. The van der Waals surface area contributed by atoms with Crippen molar-refractivity contribution in [3.63, 3.8) is 0 Å². The lowest BCUT2D eigenvalue weighted by molar-refractivity contribution is -0.122. The molecule has 9 rings (SSSR count). The van der Waals surface area contributed by atoms with Crippen LogP contribution in [0.15, 0.2) is 57.9 Å². The zero-order chi connectivity index (χ0) is 33.9. The van der Waals surface area contributed by atoms with Crippen LogP contribution in [0.1, 0.15) is 23.2 Å². The molecule has 0 aliphatic carbocycles. The van der Waals surface area contributed by atoms with E-state index in [0.717, 1.165) is 23.9 Å². The van der Waals surface area contributed by atoms with E-state index < -0.39 is 17.2 Å². The van der Waals surface area contributed by atoms with Gasteiger partial charge < -0.3 is 38.3 Å². The number of morpholine rings is 2. The average Bonchev–Trinajstić information content (AvgIpc) is 3.75. The number of benzene rings is 3. The number of nitrogens with zero attached hydrogens (tertiary/aromatic N) is 4. The monoisotopic (exact) mass is 681 g/mol. The fourth-order valence-electron chi connectivity index (χ4n) is 7.67. The van der Waals surface area contributed by atoms with Gasteiger partial charge in [0.25, 0.3) is 5.91 Å². The highest BCUT2D eigenvalue weighted by molar-refractivity contribution is 6.07. The SMILES string of the molecule is O=C(CCN1CCOCC1)N[C@@H]1CCN(c2c(F)cc3c(=O)c(C(=O)N4CCOCC4)cn4c3c2Oc2cc3c(cc2-4)oc2ccccc23)C1. The number of pyridine rings is 1. The first-order chi connectivity index (χ1) is 24.4. The highest BCUT2D eigenvalue weighted by Crippen LogP contribution is 2.49. The van der Waals surface area contributed by atoms with Crippen LogP contribution in [0.2, 0.25) is 0 Å². The minimum atomic E-state index is -0.635. The van der Waals surface area contributed by atoms with Crippen LogP contribution in [0.5, 0.6) is 11.5 Å². The summed E-state index contributed by atoms with van der Waals surface area (Å²) >= 11 is 0. The number of para-hydroxylation sites is 1. The van der Waals surface area contributed by atoms with Gasteiger partial charge >= 0.3 is 0 Å². The normalized spacial score (nSPS) is 19.3. The van der Waals surface area contributed by atoms with E-state index in [4.69, 9.17) is 18.6 Å². The summed E-state index contributed by atoms with van der Waals surface area (Å²) in [5.41, 5.74) is 1.83. The molecular weight excluding hydrogens is 645 g/mol. The van der Waals surface area contributed by atoms with Gasteiger partial charge in [0.05, 0.1) is 37.5 Å². The Morgan fingerprint density at radius 2 is 1.68 bits per heavy atom. The number of furan rings is 1. The standard InChI is InChI=1S/C37H36FN5O7/c38-27-17-25-33-36(34(27)42-8-5-22(20-42)39-32(44)6-7-40-9-13-47-14-10-40)50-31-18-24-23-3-1-2-4-29(23)49-30(24)19-28(31)43(33)21-26(35(25)45)37(46)41-11-15-48-16-12-41/h1-4,17-19,21-22H,5-16,20H2,(H,39,44)/t22-/m1/s1. The molecule has 50 heavy (non-hydrogen) atoms. The molecule has 3 saturated heterocycles. The van der Waals surface area contributed by atoms with Crippen LogP contribution < -0.4 is 20.4 Å². The third-order valence-corrected chi connectivity index (χ3v) is 10.3. The molecule has 0 spiro atoms. The lowest BCUT2D eigenvalue weighted by Crippen LogP contribution is -2.42. The minimum absolute atomic E-state index is 0.0443. The molecule has 1 atom stereocenters. The number of carbonyl (C=O) groups excluding carboxylic acids is 2. The number of carbonyl (C=O) groups is 2. The zero-order valence-electron chi connectivity index (χ0n) is 27.4. The molecule has 0 bridgehead atoms. The largest absolute Gasteiger partial charge is 0.456 e. The maximum Gasteiger partial charge on any atom is 0.259 e. The molecule has 4 aliphatic heterocycles. The Bertz CT molecular complexity index is 2240. The van der Waals surface area contributed by atoms with E-state index in [0.29, 0.717) is 100 Å². The average molecular weight is 682 g/mol. The predicted molar refractivity (Wildman–Crippen MR) is 184 cm³/mol. The topological polar surface area (TPSA) is 119 Å². The third-order valence-electron chi connectivity index (χ3n) is 10.3. The van der Waals surface area contributed by atoms with Crippen molar-refractivity contribution in [1.82, 2.24) is 19.7 Å². The molecule has 2 amide bonds. The first kappa shape index (κ1) is 31.0. The van der Waals surface area contributed by atoms with E-state index in [1.807, 2.05) is 41.3 Å². The van der Waals surface area contributed by atoms with Crippen LogP contribution in [0, 0.1) is 5.82 Å². The molecule has 258 valence electrons. The number of hydrogen-bond acceptors (Lipinski definition) is 9. The van der Waals surface area contributed by atoms with Gasteiger partial charge in [-0.2, -0.15) is 0 Å². The minimum Gasteiger partial charge on any atom is -0.456 e. The molecule has 3 fully saturated rings. The van der Waals surface area contributed by atoms with Gasteiger partial charge in [-0.15, -0.1) is 0 Å². The van der Waals surface area contributed by atoms with E-state index in [1.165, 1.54) is 6.07 Å². The predicted octanol–water partition coefficient (Wildman–Crippen LogP) is 4.02. The van der Waals surface area contributed by atoms with Crippen molar-refractivity contribution in [2.45, 2.75) is 18.9 Å². The summed E-state index contributed by atoms with van der Waals surface area (Å²) in [5.74, 6) is -0.479. The van der Waals surface area contributed by atoms with Gasteiger partial charge in [-0.25, -0.2) is 4.39 Å². The second-order valence-electron chi connectivity index (χ2n) is 13.3.